The summed E-state index contributed by atoms with van der Waals surface area (Å²) >= 11 is 0. The number of aliphatic hydroxyl groups excluding tert-OH is 2. The molecule has 2 saturated heterocycles. The number of carboxylic acid groups (broad SMARTS) is 2. The number of aliphatic hydroxyl groups is 3. The van der Waals surface area contributed by atoms with Crippen LogP contribution in [-0.4, -0.2) is 113 Å². The molecule has 2 bridgehead atoms. The number of benzene rings is 1. The number of likely N-dealkylation sites (tertiary alicyclic amines) is 2. The van der Waals surface area contributed by atoms with E-state index in [0.717, 1.165) is 36.6 Å². The normalized spacial score (nSPS) is 34.7. The maximum Gasteiger partial charge on any atom is 0.335 e. The van der Waals surface area contributed by atoms with E-state index in [1.165, 1.54) is 17.7 Å². The summed E-state index contributed by atoms with van der Waals surface area (Å²) in [4.78, 5) is 48.7. The van der Waals surface area contributed by atoms with Crippen LogP contribution < -0.4 is 4.74 Å². The van der Waals surface area contributed by atoms with Crippen molar-refractivity contribution in [3.8, 4) is 11.5 Å². The summed E-state index contributed by atoms with van der Waals surface area (Å²) in [5, 5.41) is 55.6. The molecule has 0 radical (unpaired) electrons. The van der Waals surface area contributed by atoms with Gasteiger partial charge < -0.3 is 35.4 Å². The largest absolute Gasteiger partial charge is 0.504 e. The van der Waals surface area contributed by atoms with E-state index in [-0.39, 0.29) is 36.4 Å². The van der Waals surface area contributed by atoms with Crippen LogP contribution in [0.3, 0.4) is 0 Å². The molecule has 6 aliphatic rings. The number of carbonyl (C=O) groups is 4. The number of nitrogens with zero attached hydrogens (tertiary/aromatic N) is 2. The average Bonchev–Trinajstić information content (AvgIpc) is 3.59. The Labute approximate surface area is 234 Å². The standard InChI is InChI=1S/C24H28N2O5.C4H6O6/c27-16-4-3-14-11-17-24(30)8-7-15(26-18(28)5-6-19(26)29)22-23(24,20(14)21(16)31-22)9-10-25(17)12-13-1-2-13;5-1(3(7)8)2(6)4(9)10/h3-4,13,15,17,22,27,30H,1-2,5-12H2;1-2,5-6H,(H,7,8)(H,9,10)/t15-,17-,22-,23+,24-;/m1./s1. The van der Waals surface area contributed by atoms with E-state index >= 15 is 0 Å². The Morgan fingerprint density at radius 3 is 2.22 bits per heavy atom. The van der Waals surface area contributed by atoms with Gasteiger partial charge in [0.05, 0.1) is 17.1 Å². The highest BCUT2D eigenvalue weighted by Gasteiger charge is 2.74. The molecule has 1 aromatic rings. The topological polar surface area (TPSA) is 205 Å². The molecule has 7 atom stereocenters. The van der Waals surface area contributed by atoms with Crippen molar-refractivity contribution < 1.29 is 54.6 Å². The van der Waals surface area contributed by atoms with Gasteiger partial charge in [0.2, 0.25) is 11.8 Å². The number of aromatic hydroxyl groups is 1. The van der Waals surface area contributed by atoms with Crippen LogP contribution in [0.25, 0.3) is 0 Å². The first-order chi connectivity index (χ1) is 19.4. The number of carbonyl (C=O) groups excluding carboxylic acids is 2. The summed E-state index contributed by atoms with van der Waals surface area (Å²) in [7, 11) is 0. The molecule has 1 aromatic carbocycles. The minimum atomic E-state index is -2.27. The number of amides is 2. The van der Waals surface area contributed by atoms with Gasteiger partial charge in [-0.3, -0.25) is 19.4 Å². The van der Waals surface area contributed by atoms with Gasteiger partial charge in [0.15, 0.2) is 23.7 Å². The van der Waals surface area contributed by atoms with Crippen LogP contribution in [0.15, 0.2) is 12.1 Å². The van der Waals surface area contributed by atoms with Gasteiger partial charge in [-0.1, -0.05) is 6.07 Å². The Bertz CT molecular complexity index is 1280. The highest BCUT2D eigenvalue weighted by atomic mass is 16.5. The minimum Gasteiger partial charge on any atom is -0.504 e. The minimum absolute atomic E-state index is 0.00174. The molecule has 2 amide bonds. The van der Waals surface area contributed by atoms with Crippen molar-refractivity contribution >= 4 is 23.8 Å². The SMILES string of the molecule is O=C(O)C(O)C(O)C(=O)O.O=C1CCC(=O)N1[C@@H]1CC[C@@]2(O)[C@H]3Cc4ccc(O)c5c4[C@@]2(CCN3CC2CC2)[C@@H]1O5. The maximum atomic E-state index is 12.6. The molecule has 13 nitrogen and oxygen atoms in total. The first-order valence-corrected chi connectivity index (χ1v) is 14.1. The summed E-state index contributed by atoms with van der Waals surface area (Å²) in [6.07, 6.45) is 0.542. The van der Waals surface area contributed by atoms with E-state index in [1.807, 2.05) is 6.07 Å². The molecular weight excluding hydrogens is 540 g/mol. The second-order valence-corrected chi connectivity index (χ2v) is 12.1. The van der Waals surface area contributed by atoms with Gasteiger partial charge >= 0.3 is 11.9 Å². The highest BCUT2D eigenvalue weighted by Crippen LogP contribution is 2.66. The number of ether oxygens (including phenoxy) is 1. The Kier molecular flexibility index (Phi) is 6.56. The fourth-order valence-electron chi connectivity index (χ4n) is 7.95. The summed E-state index contributed by atoms with van der Waals surface area (Å²) in [5.74, 6) is -2.53. The summed E-state index contributed by atoms with van der Waals surface area (Å²) < 4.78 is 6.45. The second-order valence-electron chi connectivity index (χ2n) is 12.1. The van der Waals surface area contributed by atoms with Crippen LogP contribution in [0.2, 0.25) is 0 Å². The molecule has 3 aliphatic heterocycles. The van der Waals surface area contributed by atoms with Crippen molar-refractivity contribution in [2.45, 2.75) is 92.8 Å². The smallest absolute Gasteiger partial charge is 0.335 e. The van der Waals surface area contributed by atoms with E-state index in [9.17, 15) is 29.4 Å². The van der Waals surface area contributed by atoms with Crippen LogP contribution in [0, 0.1) is 5.92 Å². The molecule has 4 fully saturated rings. The molecule has 2 unspecified atom stereocenters. The molecule has 41 heavy (non-hydrogen) atoms. The lowest BCUT2D eigenvalue weighted by Gasteiger charge is -2.64. The van der Waals surface area contributed by atoms with Gasteiger partial charge in [-0.2, -0.15) is 0 Å². The average molecular weight is 575 g/mol. The van der Waals surface area contributed by atoms with Crippen molar-refractivity contribution in [2.24, 2.45) is 5.92 Å². The third-order valence-electron chi connectivity index (χ3n) is 9.96. The number of hydrogen-bond donors (Lipinski definition) is 6. The van der Waals surface area contributed by atoms with Crippen LogP contribution in [-0.2, 0) is 31.0 Å². The van der Waals surface area contributed by atoms with Gasteiger partial charge in [0, 0.05) is 31.0 Å². The first kappa shape index (κ1) is 27.9. The zero-order valence-electron chi connectivity index (χ0n) is 22.3. The van der Waals surface area contributed by atoms with Gasteiger partial charge in [-0.05, 0) is 62.6 Å². The Balaban J connectivity index is 0.000000262. The monoisotopic (exact) mass is 574 g/mol. The van der Waals surface area contributed by atoms with E-state index in [2.05, 4.69) is 4.90 Å². The van der Waals surface area contributed by atoms with Crippen molar-refractivity contribution in [1.82, 2.24) is 9.80 Å². The van der Waals surface area contributed by atoms with Crippen LogP contribution in [0.5, 0.6) is 11.5 Å². The molecule has 7 rings (SSSR count). The number of imide groups is 1. The lowest BCUT2D eigenvalue weighted by atomic mass is 9.48. The van der Waals surface area contributed by atoms with Crippen molar-refractivity contribution in [3.05, 3.63) is 23.3 Å². The van der Waals surface area contributed by atoms with Crippen LogP contribution in [0.1, 0.15) is 56.1 Å². The summed E-state index contributed by atoms with van der Waals surface area (Å²) in [6, 6.07) is 3.28. The molecular formula is C28H34N2O11. The van der Waals surface area contributed by atoms with Gasteiger partial charge in [-0.15, -0.1) is 0 Å². The number of phenols is 1. The molecule has 3 heterocycles. The van der Waals surface area contributed by atoms with Gasteiger partial charge in [-0.25, -0.2) is 9.59 Å². The molecule has 2 saturated carbocycles. The Hall–Kier alpha value is -3.26. The van der Waals surface area contributed by atoms with Gasteiger partial charge in [0.1, 0.15) is 6.10 Å². The second kappa shape index (κ2) is 9.65. The third kappa shape index (κ3) is 4.04. The molecule has 3 aliphatic carbocycles. The molecule has 6 N–H and O–H groups in total. The van der Waals surface area contributed by atoms with Gasteiger partial charge in [0.25, 0.3) is 0 Å². The number of rotatable bonds is 6. The number of aliphatic carboxylic acids is 2. The molecule has 1 spiro atoms. The number of hydrogen-bond acceptors (Lipinski definition) is 10. The van der Waals surface area contributed by atoms with Crippen molar-refractivity contribution in [2.75, 3.05) is 13.1 Å². The lowest BCUT2D eigenvalue weighted by molar-refractivity contribution is -0.201. The molecule has 222 valence electrons. The number of phenolic OH excluding ortho intramolecular Hbond substituents is 1. The summed E-state index contributed by atoms with van der Waals surface area (Å²) in [6.45, 7) is 1.90. The van der Waals surface area contributed by atoms with E-state index in [4.69, 9.17) is 25.2 Å². The zero-order valence-corrected chi connectivity index (χ0v) is 22.3. The maximum absolute atomic E-state index is 12.6. The predicted molar refractivity (Wildman–Crippen MR) is 137 cm³/mol. The van der Waals surface area contributed by atoms with Crippen molar-refractivity contribution in [1.29, 1.82) is 0 Å². The number of piperidine rings is 1. The molecule has 0 aromatic heterocycles. The van der Waals surface area contributed by atoms with Crippen molar-refractivity contribution in [3.63, 3.8) is 0 Å². The fourth-order valence-corrected chi connectivity index (χ4v) is 7.95. The highest BCUT2D eigenvalue weighted by molar-refractivity contribution is 6.02. The lowest BCUT2D eigenvalue weighted by Crippen LogP contribution is -2.78. The summed E-state index contributed by atoms with van der Waals surface area (Å²) in [5.41, 5.74) is 0.390. The van der Waals surface area contributed by atoms with E-state index < -0.39 is 47.3 Å². The van der Waals surface area contributed by atoms with E-state index in [1.54, 1.807) is 6.07 Å². The number of carboxylic acids is 2. The quantitative estimate of drug-likeness (QED) is 0.235. The third-order valence-corrected chi connectivity index (χ3v) is 9.96. The van der Waals surface area contributed by atoms with Crippen LogP contribution in [0.4, 0.5) is 0 Å². The van der Waals surface area contributed by atoms with E-state index in [0.29, 0.717) is 25.0 Å². The van der Waals surface area contributed by atoms with Crippen LogP contribution >= 0.6 is 0 Å². The fraction of sp³-hybridized carbons (Fsp3) is 0.643. The first-order valence-electron chi connectivity index (χ1n) is 14.1. The Morgan fingerprint density at radius 2 is 1.63 bits per heavy atom. The Morgan fingerprint density at radius 1 is 1.00 bits per heavy atom. The molecule has 13 heteroatoms. The predicted octanol–water partition coefficient (Wildman–Crippen LogP) is -0.649. The zero-order chi connectivity index (χ0) is 29.4.